The highest BCUT2D eigenvalue weighted by Crippen LogP contribution is 2.22. The quantitative estimate of drug-likeness (QED) is 0.350. The number of benzene rings is 2. The Morgan fingerprint density at radius 1 is 0.879 bits per heavy atom. The largest absolute Gasteiger partial charge is 0.332 e. The number of nitrogens with one attached hydrogen (secondary N) is 3. The summed E-state index contributed by atoms with van der Waals surface area (Å²) in [6.45, 7) is 7.37. The van der Waals surface area contributed by atoms with Crippen LogP contribution in [-0.4, -0.2) is 42.5 Å². The van der Waals surface area contributed by atoms with Crippen LogP contribution in [-0.2, 0) is 10.2 Å². The number of anilines is 2. The zero-order chi connectivity index (χ0) is 23.7. The van der Waals surface area contributed by atoms with Gasteiger partial charge in [-0.15, -0.1) is 12.4 Å². The lowest BCUT2D eigenvalue weighted by Gasteiger charge is -2.19. The molecule has 2 aromatic carbocycles. The second-order valence-corrected chi connectivity index (χ2v) is 9.53. The highest BCUT2D eigenvalue weighted by molar-refractivity contribution is 7.80. The van der Waals surface area contributed by atoms with Crippen LogP contribution in [0.3, 0.4) is 0 Å². The minimum absolute atomic E-state index is 0. The molecular weight excluding hydrogens is 456 g/mol. The Morgan fingerprint density at radius 3 is 1.94 bits per heavy atom. The van der Waals surface area contributed by atoms with Gasteiger partial charge < -0.3 is 15.5 Å². The predicted molar refractivity (Wildman–Crippen MR) is 144 cm³/mol. The summed E-state index contributed by atoms with van der Waals surface area (Å²) in [4.78, 5) is 26.6. The third kappa shape index (κ3) is 10.3. The molecule has 0 saturated heterocycles. The van der Waals surface area contributed by atoms with E-state index in [9.17, 15) is 9.59 Å². The van der Waals surface area contributed by atoms with Gasteiger partial charge >= 0.3 is 0 Å². The molecule has 0 aromatic heterocycles. The summed E-state index contributed by atoms with van der Waals surface area (Å²) in [5.41, 5.74) is 3.19. The summed E-state index contributed by atoms with van der Waals surface area (Å²) >= 11 is 5.26. The van der Waals surface area contributed by atoms with E-state index in [1.165, 1.54) is 0 Å². The Hall–Kier alpha value is -2.48. The molecule has 0 bridgehead atoms. The molecule has 0 spiro atoms. The lowest BCUT2D eigenvalue weighted by atomic mass is 9.87. The average molecular weight is 491 g/mol. The van der Waals surface area contributed by atoms with Crippen molar-refractivity contribution in [3.8, 4) is 0 Å². The van der Waals surface area contributed by atoms with E-state index in [2.05, 4.69) is 41.6 Å². The van der Waals surface area contributed by atoms with E-state index in [4.69, 9.17) is 12.2 Å². The average Bonchev–Trinajstić information content (AvgIpc) is 2.72. The highest BCUT2D eigenvalue weighted by Gasteiger charge is 2.15. The molecule has 0 atom stereocenters. The molecule has 180 valence electrons. The van der Waals surface area contributed by atoms with Crippen LogP contribution in [0.1, 0.15) is 56.0 Å². The lowest BCUT2D eigenvalue weighted by Crippen LogP contribution is -2.34. The highest BCUT2D eigenvalue weighted by atomic mass is 35.5. The normalized spacial score (nSPS) is 10.8. The summed E-state index contributed by atoms with van der Waals surface area (Å²) in [6.07, 6.45) is 2.35. The molecule has 0 unspecified atom stereocenters. The molecule has 0 saturated carbocycles. The van der Waals surface area contributed by atoms with Crippen LogP contribution in [0.4, 0.5) is 11.4 Å². The number of hydrogen-bond donors (Lipinski definition) is 3. The molecule has 2 rings (SSSR count). The number of rotatable bonds is 8. The van der Waals surface area contributed by atoms with Crippen molar-refractivity contribution < 1.29 is 9.59 Å². The lowest BCUT2D eigenvalue weighted by molar-refractivity contribution is -0.116. The molecule has 0 aliphatic rings. The number of carbonyl (C=O) groups is 2. The zero-order valence-electron chi connectivity index (χ0n) is 20.0. The van der Waals surface area contributed by atoms with Crippen molar-refractivity contribution >= 4 is 52.9 Å². The number of thiocarbonyl (C=S) groups is 1. The van der Waals surface area contributed by atoms with Gasteiger partial charge in [-0.25, -0.2) is 0 Å². The molecule has 0 heterocycles. The van der Waals surface area contributed by atoms with Gasteiger partial charge in [0, 0.05) is 23.4 Å². The third-order valence-corrected chi connectivity index (χ3v) is 5.13. The standard InChI is InChI=1S/C25H34N4O2S.ClH/c1-25(2,3)19-11-9-18(10-12-19)23(31)28-24(32)27-21-15-13-20(14-16-21)26-22(30)8-6-7-17-29(4)5;/h9-16H,6-8,17H2,1-5H3,(H,26,30)(H2,27,28,31,32);1H. The van der Waals surface area contributed by atoms with E-state index in [1.807, 2.05) is 26.2 Å². The van der Waals surface area contributed by atoms with Crippen LogP contribution < -0.4 is 16.0 Å². The summed E-state index contributed by atoms with van der Waals surface area (Å²) < 4.78 is 0. The molecule has 0 aliphatic carbocycles. The summed E-state index contributed by atoms with van der Waals surface area (Å²) in [5, 5.41) is 8.80. The van der Waals surface area contributed by atoms with Crippen LogP contribution in [0, 0.1) is 0 Å². The molecule has 8 heteroatoms. The Labute approximate surface area is 208 Å². The number of hydrogen-bond acceptors (Lipinski definition) is 4. The van der Waals surface area contributed by atoms with E-state index >= 15 is 0 Å². The van der Waals surface area contributed by atoms with Crippen LogP contribution in [0.15, 0.2) is 48.5 Å². The first-order valence-corrected chi connectivity index (χ1v) is 11.2. The third-order valence-electron chi connectivity index (χ3n) is 4.93. The summed E-state index contributed by atoms with van der Waals surface area (Å²) in [5.74, 6) is -0.258. The second-order valence-electron chi connectivity index (χ2n) is 9.12. The van der Waals surface area contributed by atoms with E-state index in [0.29, 0.717) is 12.0 Å². The fraction of sp³-hybridized carbons (Fsp3) is 0.400. The SMILES string of the molecule is CN(C)CCCCC(=O)Nc1ccc(NC(=S)NC(=O)c2ccc(C(C)(C)C)cc2)cc1.Cl. The summed E-state index contributed by atoms with van der Waals surface area (Å²) in [7, 11) is 4.05. The van der Waals surface area contributed by atoms with Gasteiger partial charge in [0.05, 0.1) is 0 Å². The predicted octanol–water partition coefficient (Wildman–Crippen LogP) is 5.20. The van der Waals surface area contributed by atoms with E-state index in [1.54, 1.807) is 36.4 Å². The first-order chi connectivity index (χ1) is 15.0. The van der Waals surface area contributed by atoms with Gasteiger partial charge in [-0.05, 0) is 93.1 Å². The fourth-order valence-corrected chi connectivity index (χ4v) is 3.24. The minimum atomic E-state index is -0.263. The van der Waals surface area contributed by atoms with Gasteiger partial charge in [0.15, 0.2) is 5.11 Å². The molecule has 2 amide bonds. The van der Waals surface area contributed by atoms with E-state index < -0.39 is 0 Å². The van der Waals surface area contributed by atoms with Crippen molar-refractivity contribution in [1.82, 2.24) is 10.2 Å². The molecular formula is C25H35ClN4O2S. The Balaban J connectivity index is 0.00000544. The maximum absolute atomic E-state index is 12.4. The van der Waals surface area contributed by atoms with Crippen molar-refractivity contribution in [3.05, 3.63) is 59.7 Å². The van der Waals surface area contributed by atoms with E-state index in [-0.39, 0.29) is 34.7 Å². The Kier molecular flexibility index (Phi) is 11.5. The number of nitrogens with zero attached hydrogens (tertiary/aromatic N) is 1. The minimum Gasteiger partial charge on any atom is -0.332 e. The van der Waals surface area contributed by atoms with Crippen molar-refractivity contribution in [2.45, 2.75) is 45.4 Å². The molecule has 0 radical (unpaired) electrons. The number of amides is 2. The Bertz CT molecular complexity index is 923. The molecule has 33 heavy (non-hydrogen) atoms. The fourth-order valence-electron chi connectivity index (χ4n) is 3.03. The van der Waals surface area contributed by atoms with Gasteiger partial charge in [0.1, 0.15) is 0 Å². The maximum Gasteiger partial charge on any atom is 0.257 e. The van der Waals surface area contributed by atoms with Gasteiger partial charge in [0.25, 0.3) is 5.91 Å². The zero-order valence-corrected chi connectivity index (χ0v) is 21.7. The molecule has 2 aromatic rings. The van der Waals surface area contributed by atoms with Crippen molar-refractivity contribution in [1.29, 1.82) is 0 Å². The topological polar surface area (TPSA) is 73.5 Å². The first kappa shape index (κ1) is 28.6. The second kappa shape index (κ2) is 13.3. The van der Waals surface area contributed by atoms with Crippen LogP contribution in [0.25, 0.3) is 0 Å². The summed E-state index contributed by atoms with van der Waals surface area (Å²) in [6, 6.07) is 14.7. The van der Waals surface area contributed by atoms with E-state index in [0.717, 1.165) is 36.3 Å². The number of unbranched alkanes of at least 4 members (excludes halogenated alkanes) is 1. The number of halogens is 1. The van der Waals surface area contributed by atoms with Gasteiger partial charge in [-0.2, -0.15) is 0 Å². The van der Waals surface area contributed by atoms with Crippen LogP contribution in [0.5, 0.6) is 0 Å². The molecule has 6 nitrogen and oxygen atoms in total. The van der Waals surface area contributed by atoms with Crippen LogP contribution >= 0.6 is 24.6 Å². The molecule has 3 N–H and O–H groups in total. The van der Waals surface area contributed by atoms with Crippen molar-refractivity contribution in [2.75, 3.05) is 31.3 Å². The van der Waals surface area contributed by atoms with Crippen molar-refractivity contribution in [2.24, 2.45) is 0 Å². The Morgan fingerprint density at radius 2 is 1.42 bits per heavy atom. The van der Waals surface area contributed by atoms with Gasteiger partial charge in [0.2, 0.25) is 5.91 Å². The van der Waals surface area contributed by atoms with Crippen LogP contribution in [0.2, 0.25) is 0 Å². The molecule has 0 fully saturated rings. The maximum atomic E-state index is 12.4. The monoisotopic (exact) mass is 490 g/mol. The number of carbonyl (C=O) groups excluding carboxylic acids is 2. The van der Waals surface area contributed by atoms with Gasteiger partial charge in [-0.3, -0.25) is 14.9 Å². The molecule has 0 aliphatic heterocycles. The smallest absolute Gasteiger partial charge is 0.257 e. The van der Waals surface area contributed by atoms with Crippen molar-refractivity contribution in [3.63, 3.8) is 0 Å². The van der Waals surface area contributed by atoms with Gasteiger partial charge in [-0.1, -0.05) is 32.9 Å². The first-order valence-electron chi connectivity index (χ1n) is 10.8.